The van der Waals surface area contributed by atoms with Crippen LogP contribution in [0, 0.1) is 0 Å². The first-order valence-corrected chi connectivity index (χ1v) is 8.32. The summed E-state index contributed by atoms with van der Waals surface area (Å²) in [5.74, 6) is -0.594. The molecule has 0 heterocycles. The van der Waals surface area contributed by atoms with Gasteiger partial charge in [-0.05, 0) is 24.6 Å². The van der Waals surface area contributed by atoms with Gasteiger partial charge >= 0.3 is 5.97 Å². The second-order valence-electron chi connectivity index (χ2n) is 4.66. The highest BCUT2D eigenvalue weighted by Crippen LogP contribution is 2.28. The van der Waals surface area contributed by atoms with E-state index in [-0.39, 0.29) is 18.6 Å². The molecule has 0 aromatic heterocycles. The Hall–Kier alpha value is -1.47. The van der Waals surface area contributed by atoms with E-state index in [1.54, 1.807) is 37.2 Å². The van der Waals surface area contributed by atoms with Crippen molar-refractivity contribution in [1.82, 2.24) is 0 Å². The van der Waals surface area contributed by atoms with Crippen molar-refractivity contribution in [2.24, 2.45) is 0 Å². The fourth-order valence-electron chi connectivity index (χ4n) is 1.71. The summed E-state index contributed by atoms with van der Waals surface area (Å²) in [5, 5.41) is 0.438. The van der Waals surface area contributed by atoms with Gasteiger partial charge in [-0.2, -0.15) is 0 Å². The van der Waals surface area contributed by atoms with Gasteiger partial charge in [-0.25, -0.2) is 8.42 Å². The Morgan fingerprint density at radius 2 is 2.05 bits per heavy atom. The highest BCUT2D eigenvalue weighted by Gasteiger charge is 2.15. The lowest BCUT2D eigenvalue weighted by molar-refractivity contribution is -0.140. The molecule has 0 bridgehead atoms. The molecular formula is C13H19ClN2O4S. The maximum Gasteiger partial charge on any atom is 0.305 e. The third kappa shape index (κ3) is 5.81. The molecule has 0 radical (unpaired) electrons. The standard InChI is InChI=1S/C13H19ClN2O4S/c1-16(2)12-7-6-10(14)9-11(12)15-21(18,19)8-4-5-13(17)20-3/h6-7,9,15H,4-5,8H2,1-3H3. The molecule has 118 valence electrons. The predicted molar refractivity (Wildman–Crippen MR) is 84.4 cm³/mol. The van der Waals surface area contributed by atoms with E-state index in [1.807, 2.05) is 0 Å². The molecule has 0 aliphatic heterocycles. The predicted octanol–water partition coefficient (Wildman–Crippen LogP) is 2.10. The Kier molecular flexibility index (Phi) is 6.29. The van der Waals surface area contributed by atoms with Crippen LogP contribution in [0.5, 0.6) is 0 Å². The minimum Gasteiger partial charge on any atom is -0.469 e. The topological polar surface area (TPSA) is 75.7 Å². The summed E-state index contributed by atoms with van der Waals surface area (Å²) in [6, 6.07) is 4.97. The van der Waals surface area contributed by atoms with Crippen LogP contribution in [0.2, 0.25) is 5.02 Å². The van der Waals surface area contributed by atoms with Gasteiger partial charge < -0.3 is 9.64 Å². The van der Waals surface area contributed by atoms with Crippen LogP contribution in [0.25, 0.3) is 0 Å². The molecule has 0 saturated heterocycles. The van der Waals surface area contributed by atoms with E-state index in [2.05, 4.69) is 9.46 Å². The summed E-state index contributed by atoms with van der Waals surface area (Å²) in [7, 11) is 1.32. The molecule has 0 saturated carbocycles. The lowest BCUT2D eigenvalue weighted by Crippen LogP contribution is -2.20. The van der Waals surface area contributed by atoms with Crippen LogP contribution < -0.4 is 9.62 Å². The first kappa shape index (κ1) is 17.6. The number of methoxy groups -OCH3 is 1. The van der Waals surface area contributed by atoms with Gasteiger partial charge in [0.25, 0.3) is 0 Å². The number of carbonyl (C=O) groups excluding carboxylic acids is 1. The number of carbonyl (C=O) groups is 1. The molecule has 8 heteroatoms. The quantitative estimate of drug-likeness (QED) is 0.773. The van der Waals surface area contributed by atoms with Crippen LogP contribution in [0.3, 0.4) is 0 Å². The summed E-state index contributed by atoms with van der Waals surface area (Å²) < 4.78 is 31.0. The van der Waals surface area contributed by atoms with Gasteiger partial charge in [0, 0.05) is 25.5 Å². The maximum atomic E-state index is 12.0. The number of anilines is 2. The van der Waals surface area contributed by atoms with Gasteiger partial charge in [-0.15, -0.1) is 0 Å². The third-order valence-corrected chi connectivity index (χ3v) is 4.32. The number of rotatable bonds is 7. The molecule has 1 rings (SSSR count). The number of hydrogen-bond donors (Lipinski definition) is 1. The molecular weight excluding hydrogens is 316 g/mol. The van der Waals surface area contributed by atoms with Crippen molar-refractivity contribution in [2.45, 2.75) is 12.8 Å². The Balaban J connectivity index is 2.79. The Morgan fingerprint density at radius 1 is 1.38 bits per heavy atom. The van der Waals surface area contributed by atoms with Crippen LogP contribution in [0.1, 0.15) is 12.8 Å². The molecule has 6 nitrogen and oxygen atoms in total. The minimum absolute atomic E-state index is 0.0630. The van der Waals surface area contributed by atoms with E-state index >= 15 is 0 Å². The fraction of sp³-hybridized carbons (Fsp3) is 0.462. The van der Waals surface area contributed by atoms with Crippen molar-refractivity contribution >= 4 is 39.0 Å². The number of hydrogen-bond acceptors (Lipinski definition) is 5. The van der Waals surface area contributed by atoms with Crippen LogP contribution >= 0.6 is 11.6 Å². The zero-order valence-corrected chi connectivity index (χ0v) is 13.8. The summed E-state index contributed by atoms with van der Waals surface area (Å²) in [5.41, 5.74) is 1.11. The second kappa shape index (κ2) is 7.51. The Bertz CT molecular complexity index is 602. The molecule has 1 N–H and O–H groups in total. The van der Waals surface area contributed by atoms with E-state index in [1.165, 1.54) is 7.11 Å². The second-order valence-corrected chi connectivity index (χ2v) is 6.93. The summed E-state index contributed by atoms with van der Waals surface area (Å²) in [6.07, 6.45) is 0.257. The van der Waals surface area contributed by atoms with E-state index in [4.69, 9.17) is 11.6 Å². The van der Waals surface area contributed by atoms with Crippen molar-refractivity contribution in [2.75, 3.05) is 36.6 Å². The van der Waals surface area contributed by atoms with Crippen molar-refractivity contribution < 1.29 is 17.9 Å². The van der Waals surface area contributed by atoms with E-state index < -0.39 is 16.0 Å². The largest absolute Gasteiger partial charge is 0.469 e. The molecule has 0 spiro atoms. The fourth-order valence-corrected chi connectivity index (χ4v) is 3.00. The van der Waals surface area contributed by atoms with Crippen LogP contribution in [-0.4, -0.2) is 41.3 Å². The van der Waals surface area contributed by atoms with E-state index in [0.29, 0.717) is 16.4 Å². The van der Waals surface area contributed by atoms with Crippen LogP contribution in [-0.2, 0) is 19.6 Å². The molecule has 1 aromatic rings. The van der Waals surface area contributed by atoms with Crippen LogP contribution in [0.4, 0.5) is 11.4 Å². The molecule has 21 heavy (non-hydrogen) atoms. The normalized spacial score (nSPS) is 11.0. The smallest absolute Gasteiger partial charge is 0.305 e. The van der Waals surface area contributed by atoms with Crippen molar-refractivity contribution in [3.63, 3.8) is 0 Å². The lowest BCUT2D eigenvalue weighted by Gasteiger charge is -2.18. The maximum absolute atomic E-state index is 12.0. The summed E-state index contributed by atoms with van der Waals surface area (Å²) in [4.78, 5) is 12.8. The molecule has 0 fully saturated rings. The van der Waals surface area contributed by atoms with Gasteiger partial charge in [0.15, 0.2) is 0 Å². The number of nitrogens with zero attached hydrogens (tertiary/aromatic N) is 1. The molecule has 0 aliphatic rings. The number of benzene rings is 1. The van der Waals surface area contributed by atoms with Crippen molar-refractivity contribution in [1.29, 1.82) is 0 Å². The molecule has 0 amide bonds. The number of ether oxygens (including phenoxy) is 1. The summed E-state index contributed by atoms with van der Waals surface area (Å²) >= 11 is 5.90. The number of halogens is 1. The first-order valence-electron chi connectivity index (χ1n) is 6.29. The van der Waals surface area contributed by atoms with Gasteiger partial charge in [-0.1, -0.05) is 11.6 Å². The molecule has 0 atom stereocenters. The average Bonchev–Trinajstić information content (AvgIpc) is 2.37. The van der Waals surface area contributed by atoms with E-state index in [0.717, 1.165) is 0 Å². The minimum atomic E-state index is -3.55. The zero-order chi connectivity index (χ0) is 16.0. The molecule has 0 aliphatic carbocycles. The van der Waals surface area contributed by atoms with Gasteiger partial charge in [-0.3, -0.25) is 9.52 Å². The first-order chi connectivity index (χ1) is 9.75. The van der Waals surface area contributed by atoms with E-state index in [9.17, 15) is 13.2 Å². The average molecular weight is 335 g/mol. The SMILES string of the molecule is COC(=O)CCCS(=O)(=O)Nc1cc(Cl)ccc1N(C)C. The third-order valence-electron chi connectivity index (χ3n) is 2.73. The van der Waals surface area contributed by atoms with Crippen molar-refractivity contribution in [3.8, 4) is 0 Å². The van der Waals surface area contributed by atoms with Gasteiger partial charge in [0.1, 0.15) is 0 Å². The zero-order valence-electron chi connectivity index (χ0n) is 12.2. The lowest BCUT2D eigenvalue weighted by atomic mass is 10.2. The monoisotopic (exact) mass is 334 g/mol. The highest BCUT2D eigenvalue weighted by molar-refractivity contribution is 7.92. The van der Waals surface area contributed by atoms with Gasteiger partial charge in [0.05, 0.1) is 24.2 Å². The number of nitrogens with one attached hydrogen (secondary N) is 1. The molecule has 0 unspecified atom stereocenters. The van der Waals surface area contributed by atoms with Crippen molar-refractivity contribution in [3.05, 3.63) is 23.2 Å². The number of esters is 1. The molecule has 1 aromatic carbocycles. The number of sulfonamides is 1. The van der Waals surface area contributed by atoms with Gasteiger partial charge in [0.2, 0.25) is 10.0 Å². The van der Waals surface area contributed by atoms with Crippen LogP contribution in [0.15, 0.2) is 18.2 Å². The Morgan fingerprint density at radius 3 is 2.62 bits per heavy atom. The Labute approximate surface area is 130 Å². The highest BCUT2D eigenvalue weighted by atomic mass is 35.5. The summed E-state index contributed by atoms with van der Waals surface area (Å²) in [6.45, 7) is 0.